The summed E-state index contributed by atoms with van der Waals surface area (Å²) in [4.78, 5) is 0. The van der Waals surface area contributed by atoms with E-state index in [1.165, 1.54) is 12.1 Å². The highest BCUT2D eigenvalue weighted by Gasteiger charge is 2.32. The Kier molecular flexibility index (Phi) is 3.22. The SMILES string of the molecule is C/C=C\C(=C/C1C(C)CC1C)n1cnnc1. The first kappa shape index (κ1) is 11.1. The van der Waals surface area contributed by atoms with E-state index in [0.29, 0.717) is 5.92 Å². The first-order chi connectivity index (χ1) is 7.72. The molecule has 0 aliphatic heterocycles. The van der Waals surface area contributed by atoms with E-state index in [2.05, 4.69) is 42.3 Å². The lowest BCUT2D eigenvalue weighted by atomic mass is 9.66. The van der Waals surface area contributed by atoms with Crippen LogP contribution in [-0.4, -0.2) is 14.8 Å². The van der Waals surface area contributed by atoms with E-state index in [1.54, 1.807) is 12.7 Å². The molecule has 1 aromatic heterocycles. The fourth-order valence-corrected chi connectivity index (χ4v) is 2.52. The van der Waals surface area contributed by atoms with Crippen LogP contribution in [0.3, 0.4) is 0 Å². The quantitative estimate of drug-likeness (QED) is 0.729. The zero-order valence-corrected chi connectivity index (χ0v) is 10.2. The van der Waals surface area contributed by atoms with Crippen LogP contribution in [-0.2, 0) is 0 Å². The van der Waals surface area contributed by atoms with Crippen LogP contribution < -0.4 is 0 Å². The molecule has 1 heterocycles. The van der Waals surface area contributed by atoms with Crippen molar-refractivity contribution >= 4 is 5.70 Å². The number of hydrogen-bond donors (Lipinski definition) is 0. The van der Waals surface area contributed by atoms with Crippen LogP contribution in [0.4, 0.5) is 0 Å². The van der Waals surface area contributed by atoms with Gasteiger partial charge in [-0.25, -0.2) is 0 Å². The van der Waals surface area contributed by atoms with Crippen molar-refractivity contribution < 1.29 is 0 Å². The summed E-state index contributed by atoms with van der Waals surface area (Å²) in [7, 11) is 0. The zero-order chi connectivity index (χ0) is 11.5. The van der Waals surface area contributed by atoms with E-state index in [0.717, 1.165) is 11.8 Å². The third-order valence-electron chi connectivity index (χ3n) is 3.48. The highest BCUT2D eigenvalue weighted by molar-refractivity contribution is 5.57. The molecule has 2 atom stereocenters. The number of allylic oxidation sites excluding steroid dienone is 4. The molecule has 0 amide bonds. The molecule has 0 radical (unpaired) electrons. The van der Waals surface area contributed by atoms with Gasteiger partial charge in [0.05, 0.1) is 0 Å². The lowest BCUT2D eigenvalue weighted by Crippen LogP contribution is -2.31. The summed E-state index contributed by atoms with van der Waals surface area (Å²) < 4.78 is 1.97. The summed E-state index contributed by atoms with van der Waals surface area (Å²) in [5, 5.41) is 7.71. The average Bonchev–Trinajstić information content (AvgIpc) is 2.77. The minimum absolute atomic E-state index is 0.689. The highest BCUT2D eigenvalue weighted by Crippen LogP contribution is 2.41. The van der Waals surface area contributed by atoms with E-state index in [9.17, 15) is 0 Å². The molecule has 16 heavy (non-hydrogen) atoms. The van der Waals surface area contributed by atoms with Gasteiger partial charge in [-0.1, -0.05) is 26.0 Å². The van der Waals surface area contributed by atoms with E-state index in [4.69, 9.17) is 0 Å². The molecule has 2 rings (SSSR count). The first-order valence-electron chi connectivity index (χ1n) is 5.92. The maximum absolute atomic E-state index is 3.85. The van der Waals surface area contributed by atoms with Gasteiger partial charge in [0.1, 0.15) is 12.7 Å². The van der Waals surface area contributed by atoms with Gasteiger partial charge in [-0.15, -0.1) is 10.2 Å². The van der Waals surface area contributed by atoms with Crippen LogP contribution in [0.2, 0.25) is 0 Å². The lowest BCUT2D eigenvalue weighted by molar-refractivity contribution is 0.148. The maximum atomic E-state index is 3.85. The molecule has 3 nitrogen and oxygen atoms in total. The summed E-state index contributed by atoms with van der Waals surface area (Å²) in [6, 6.07) is 0. The molecule has 86 valence electrons. The molecule has 0 spiro atoms. The van der Waals surface area contributed by atoms with Crippen molar-refractivity contribution in [3.63, 3.8) is 0 Å². The van der Waals surface area contributed by atoms with Crippen molar-refractivity contribution in [3.8, 4) is 0 Å². The van der Waals surface area contributed by atoms with E-state index < -0.39 is 0 Å². The zero-order valence-electron chi connectivity index (χ0n) is 10.2. The number of aromatic nitrogens is 3. The summed E-state index contributed by atoms with van der Waals surface area (Å²) in [5.41, 5.74) is 1.18. The largest absolute Gasteiger partial charge is 0.289 e. The normalized spacial score (nSPS) is 30.7. The fraction of sp³-hybridized carbons (Fsp3) is 0.538. The number of rotatable bonds is 3. The van der Waals surface area contributed by atoms with Crippen LogP contribution >= 0.6 is 0 Å². The first-order valence-corrected chi connectivity index (χ1v) is 5.92. The maximum Gasteiger partial charge on any atom is 0.123 e. The van der Waals surface area contributed by atoms with Gasteiger partial charge in [-0.2, -0.15) is 0 Å². The molecule has 2 unspecified atom stereocenters. The second-order valence-electron chi connectivity index (χ2n) is 4.73. The number of nitrogens with zero attached hydrogens (tertiary/aromatic N) is 3. The monoisotopic (exact) mass is 217 g/mol. The van der Waals surface area contributed by atoms with Crippen LogP contribution in [0.5, 0.6) is 0 Å². The molecule has 1 aliphatic carbocycles. The topological polar surface area (TPSA) is 30.7 Å². The Morgan fingerprint density at radius 1 is 1.25 bits per heavy atom. The molecule has 0 bridgehead atoms. The standard InChI is InChI=1S/C13H19N3/c1-4-5-12(16-8-14-15-9-16)7-13-10(2)6-11(13)3/h4-5,7-11,13H,6H2,1-3H3/b5-4-,12-7+. The Balaban J connectivity index is 2.22. The van der Waals surface area contributed by atoms with Crippen molar-refractivity contribution in [1.82, 2.24) is 14.8 Å². The smallest absolute Gasteiger partial charge is 0.123 e. The minimum atomic E-state index is 0.689. The molecular weight excluding hydrogens is 198 g/mol. The summed E-state index contributed by atoms with van der Waals surface area (Å²) in [5.74, 6) is 2.28. The van der Waals surface area contributed by atoms with Crippen molar-refractivity contribution in [1.29, 1.82) is 0 Å². The molecule has 0 aromatic carbocycles. The van der Waals surface area contributed by atoms with Gasteiger partial charge in [0.15, 0.2) is 0 Å². The van der Waals surface area contributed by atoms with Gasteiger partial charge in [0.25, 0.3) is 0 Å². The van der Waals surface area contributed by atoms with Crippen LogP contribution in [0, 0.1) is 17.8 Å². The van der Waals surface area contributed by atoms with Gasteiger partial charge >= 0.3 is 0 Å². The van der Waals surface area contributed by atoms with Gasteiger partial charge in [-0.3, -0.25) is 4.57 Å². The van der Waals surface area contributed by atoms with Gasteiger partial charge in [-0.05, 0) is 37.2 Å². The van der Waals surface area contributed by atoms with E-state index in [1.807, 2.05) is 11.5 Å². The minimum Gasteiger partial charge on any atom is -0.289 e. The van der Waals surface area contributed by atoms with Crippen molar-refractivity contribution in [2.45, 2.75) is 27.2 Å². The molecule has 1 aliphatic rings. The van der Waals surface area contributed by atoms with E-state index in [-0.39, 0.29) is 0 Å². The molecule has 0 saturated heterocycles. The second kappa shape index (κ2) is 4.64. The Morgan fingerprint density at radius 3 is 2.38 bits per heavy atom. The molecule has 1 fully saturated rings. The lowest BCUT2D eigenvalue weighted by Gasteiger charge is -2.39. The van der Waals surface area contributed by atoms with Gasteiger partial charge in [0.2, 0.25) is 0 Å². The highest BCUT2D eigenvalue weighted by atomic mass is 15.2. The molecule has 1 aromatic rings. The number of hydrogen-bond acceptors (Lipinski definition) is 2. The predicted octanol–water partition coefficient (Wildman–Crippen LogP) is 2.99. The van der Waals surface area contributed by atoms with Crippen LogP contribution in [0.25, 0.3) is 5.70 Å². The third-order valence-corrected chi connectivity index (χ3v) is 3.48. The van der Waals surface area contributed by atoms with E-state index >= 15 is 0 Å². The van der Waals surface area contributed by atoms with Crippen LogP contribution in [0.15, 0.2) is 30.9 Å². The van der Waals surface area contributed by atoms with Crippen molar-refractivity contribution in [2.24, 2.45) is 17.8 Å². The molecule has 1 saturated carbocycles. The predicted molar refractivity (Wildman–Crippen MR) is 65.5 cm³/mol. The second-order valence-corrected chi connectivity index (χ2v) is 4.73. The average molecular weight is 217 g/mol. The van der Waals surface area contributed by atoms with Crippen molar-refractivity contribution in [3.05, 3.63) is 30.9 Å². The Hall–Kier alpha value is -1.38. The summed E-state index contributed by atoms with van der Waals surface area (Å²) in [6.07, 6.45) is 11.4. The Morgan fingerprint density at radius 2 is 1.88 bits per heavy atom. The van der Waals surface area contributed by atoms with Crippen molar-refractivity contribution in [2.75, 3.05) is 0 Å². The summed E-state index contributed by atoms with van der Waals surface area (Å²) >= 11 is 0. The fourth-order valence-electron chi connectivity index (χ4n) is 2.52. The third kappa shape index (κ3) is 2.08. The van der Waals surface area contributed by atoms with Gasteiger partial charge < -0.3 is 0 Å². The molecular formula is C13H19N3. The Bertz CT molecular complexity index is 381. The van der Waals surface area contributed by atoms with Gasteiger partial charge in [0, 0.05) is 5.70 Å². The molecule has 3 heteroatoms. The summed E-state index contributed by atoms with van der Waals surface area (Å²) in [6.45, 7) is 6.67. The Labute approximate surface area is 96.9 Å². The van der Waals surface area contributed by atoms with Crippen LogP contribution in [0.1, 0.15) is 27.2 Å². The molecule has 0 N–H and O–H groups in total.